The average molecular weight is 289 g/mol. The first-order chi connectivity index (χ1) is 10.4. The van der Waals surface area contributed by atoms with E-state index >= 15 is 0 Å². The van der Waals surface area contributed by atoms with Crippen molar-refractivity contribution in [3.05, 3.63) is 11.6 Å². The summed E-state index contributed by atoms with van der Waals surface area (Å²) in [7, 11) is 0. The van der Waals surface area contributed by atoms with E-state index in [9.17, 15) is 0 Å². The second-order valence-electron chi connectivity index (χ2n) is 7.00. The topological polar surface area (TPSA) is 46.0 Å². The molecule has 2 fully saturated rings. The summed E-state index contributed by atoms with van der Waals surface area (Å²) in [6.45, 7) is 5.80. The predicted octanol–water partition coefficient (Wildman–Crippen LogP) is 1.58. The molecule has 3 aliphatic rings. The summed E-state index contributed by atoms with van der Waals surface area (Å²) in [5.41, 5.74) is 0. The van der Waals surface area contributed by atoms with Crippen molar-refractivity contribution in [2.24, 2.45) is 5.92 Å². The third-order valence-corrected chi connectivity index (χ3v) is 5.30. The Labute approximate surface area is 127 Å². The van der Waals surface area contributed by atoms with Gasteiger partial charge in [-0.15, -0.1) is 10.2 Å². The summed E-state index contributed by atoms with van der Waals surface area (Å²) in [5.74, 6) is 3.30. The monoisotopic (exact) mass is 289 g/mol. The van der Waals surface area contributed by atoms with Gasteiger partial charge in [0, 0.05) is 25.6 Å². The van der Waals surface area contributed by atoms with Gasteiger partial charge >= 0.3 is 0 Å². The molecular weight excluding hydrogens is 262 g/mol. The van der Waals surface area contributed by atoms with E-state index in [0.717, 1.165) is 31.5 Å². The van der Waals surface area contributed by atoms with E-state index in [4.69, 9.17) is 0 Å². The van der Waals surface area contributed by atoms with Crippen molar-refractivity contribution >= 4 is 0 Å². The minimum atomic E-state index is 0.816. The molecule has 0 radical (unpaired) electrons. The quantitative estimate of drug-likeness (QED) is 0.894. The molecule has 4 rings (SSSR count). The van der Waals surface area contributed by atoms with Gasteiger partial charge in [0.15, 0.2) is 0 Å². The first-order valence-electron chi connectivity index (χ1n) is 8.76. The van der Waals surface area contributed by atoms with Gasteiger partial charge in [-0.1, -0.05) is 0 Å². The molecular formula is C16H27N5. The fourth-order valence-electron chi connectivity index (χ4n) is 3.85. The number of hydrogen-bond acceptors (Lipinski definition) is 4. The highest BCUT2D eigenvalue weighted by molar-refractivity contribution is 5.00. The summed E-state index contributed by atoms with van der Waals surface area (Å²) in [6, 6.07) is 0.816. The van der Waals surface area contributed by atoms with Crippen molar-refractivity contribution in [1.82, 2.24) is 25.0 Å². The molecule has 5 nitrogen and oxygen atoms in total. The van der Waals surface area contributed by atoms with E-state index in [2.05, 4.69) is 25.0 Å². The number of fused-ring (bicyclic) bond motifs is 1. The second-order valence-corrected chi connectivity index (χ2v) is 7.00. The lowest BCUT2D eigenvalue weighted by Crippen LogP contribution is -2.37. The highest BCUT2D eigenvalue weighted by Crippen LogP contribution is 2.30. The number of nitrogens with one attached hydrogen (secondary N) is 1. The normalized spacial score (nSPS) is 23.5. The highest BCUT2D eigenvalue weighted by atomic mass is 15.3. The van der Waals surface area contributed by atoms with E-state index in [0.29, 0.717) is 0 Å². The minimum Gasteiger partial charge on any atom is -0.317 e. The number of rotatable bonds is 5. The van der Waals surface area contributed by atoms with E-state index in [-0.39, 0.29) is 0 Å². The zero-order valence-electron chi connectivity index (χ0n) is 12.9. The molecule has 2 aliphatic heterocycles. The van der Waals surface area contributed by atoms with Crippen LogP contribution in [0.15, 0.2) is 0 Å². The van der Waals surface area contributed by atoms with Crippen LogP contribution in [-0.2, 0) is 19.5 Å². The molecule has 1 saturated carbocycles. The molecule has 0 atom stereocenters. The van der Waals surface area contributed by atoms with Gasteiger partial charge in [0.1, 0.15) is 11.6 Å². The lowest BCUT2D eigenvalue weighted by molar-refractivity contribution is 0.183. The SMILES string of the molecule is C1CCn2c(nnc2CN(CC2CCNCC2)C2CC2)C1. The Kier molecular flexibility index (Phi) is 3.95. The van der Waals surface area contributed by atoms with Crippen LogP contribution in [0.2, 0.25) is 0 Å². The van der Waals surface area contributed by atoms with E-state index in [1.54, 1.807) is 0 Å². The first-order valence-corrected chi connectivity index (χ1v) is 8.76. The highest BCUT2D eigenvalue weighted by Gasteiger charge is 2.32. The molecule has 1 N–H and O–H groups in total. The molecule has 0 spiro atoms. The van der Waals surface area contributed by atoms with Gasteiger partial charge in [0.05, 0.1) is 6.54 Å². The van der Waals surface area contributed by atoms with Crippen molar-refractivity contribution < 1.29 is 0 Å². The van der Waals surface area contributed by atoms with Gasteiger partial charge in [-0.3, -0.25) is 4.90 Å². The van der Waals surface area contributed by atoms with Crippen LogP contribution < -0.4 is 5.32 Å². The van der Waals surface area contributed by atoms with Gasteiger partial charge in [0.25, 0.3) is 0 Å². The fourth-order valence-corrected chi connectivity index (χ4v) is 3.85. The third kappa shape index (κ3) is 3.14. The molecule has 0 amide bonds. The van der Waals surface area contributed by atoms with Crippen LogP contribution in [-0.4, -0.2) is 45.3 Å². The van der Waals surface area contributed by atoms with Gasteiger partial charge in [-0.05, 0) is 57.5 Å². The molecule has 1 saturated heterocycles. The van der Waals surface area contributed by atoms with Crippen LogP contribution in [0.25, 0.3) is 0 Å². The Morgan fingerprint density at radius 1 is 1.10 bits per heavy atom. The van der Waals surface area contributed by atoms with Crippen molar-refractivity contribution in [3.63, 3.8) is 0 Å². The number of piperidine rings is 1. The lowest BCUT2D eigenvalue weighted by atomic mass is 9.97. The van der Waals surface area contributed by atoms with E-state index in [1.807, 2.05) is 0 Å². The maximum atomic E-state index is 4.50. The van der Waals surface area contributed by atoms with E-state index in [1.165, 1.54) is 69.8 Å². The molecule has 5 heteroatoms. The Hall–Kier alpha value is -0.940. The average Bonchev–Trinajstić information content (AvgIpc) is 3.30. The van der Waals surface area contributed by atoms with Crippen molar-refractivity contribution in [2.75, 3.05) is 19.6 Å². The maximum absolute atomic E-state index is 4.50. The Morgan fingerprint density at radius 2 is 1.95 bits per heavy atom. The predicted molar refractivity (Wildman–Crippen MR) is 82.0 cm³/mol. The molecule has 116 valence electrons. The summed E-state index contributed by atoms with van der Waals surface area (Å²) >= 11 is 0. The fraction of sp³-hybridized carbons (Fsp3) is 0.875. The van der Waals surface area contributed by atoms with E-state index < -0.39 is 0 Å². The lowest BCUT2D eigenvalue weighted by Gasteiger charge is -2.30. The zero-order valence-corrected chi connectivity index (χ0v) is 12.9. The van der Waals surface area contributed by atoms with Crippen LogP contribution in [0.1, 0.15) is 50.2 Å². The van der Waals surface area contributed by atoms with Crippen LogP contribution in [0, 0.1) is 5.92 Å². The number of hydrogen-bond donors (Lipinski definition) is 1. The van der Waals surface area contributed by atoms with Crippen molar-refractivity contribution in [2.45, 2.75) is 64.1 Å². The zero-order chi connectivity index (χ0) is 14.1. The van der Waals surface area contributed by atoms with Gasteiger partial charge in [0.2, 0.25) is 0 Å². The molecule has 21 heavy (non-hydrogen) atoms. The molecule has 3 heterocycles. The molecule has 1 aliphatic carbocycles. The summed E-state index contributed by atoms with van der Waals surface area (Å²) in [5, 5.41) is 12.4. The second kappa shape index (κ2) is 6.05. The Bertz CT molecular complexity index is 473. The summed E-state index contributed by atoms with van der Waals surface area (Å²) in [6.07, 6.45) is 9.11. The van der Waals surface area contributed by atoms with Crippen LogP contribution in [0.4, 0.5) is 0 Å². The molecule has 0 unspecified atom stereocenters. The van der Waals surface area contributed by atoms with Crippen molar-refractivity contribution in [1.29, 1.82) is 0 Å². The van der Waals surface area contributed by atoms with Gasteiger partial charge in [-0.2, -0.15) is 0 Å². The number of aryl methyl sites for hydroxylation is 1. The minimum absolute atomic E-state index is 0.816. The van der Waals surface area contributed by atoms with Gasteiger partial charge < -0.3 is 9.88 Å². The van der Waals surface area contributed by atoms with Gasteiger partial charge in [-0.25, -0.2) is 0 Å². The standard InChI is InChI=1S/C16H27N5/c1-2-10-21-15(3-1)18-19-16(21)12-20(14-4-5-14)11-13-6-8-17-9-7-13/h13-14,17H,1-12H2. The largest absolute Gasteiger partial charge is 0.317 e. The smallest absolute Gasteiger partial charge is 0.147 e. The molecule has 1 aromatic heterocycles. The molecule has 0 bridgehead atoms. The van der Waals surface area contributed by atoms with Crippen LogP contribution in [0.5, 0.6) is 0 Å². The molecule has 1 aromatic rings. The summed E-state index contributed by atoms with van der Waals surface area (Å²) < 4.78 is 2.39. The molecule has 0 aromatic carbocycles. The third-order valence-electron chi connectivity index (χ3n) is 5.30. The first kappa shape index (κ1) is 13.7. The number of nitrogens with zero attached hydrogens (tertiary/aromatic N) is 4. The van der Waals surface area contributed by atoms with Crippen LogP contribution >= 0.6 is 0 Å². The Morgan fingerprint density at radius 3 is 2.76 bits per heavy atom. The number of aromatic nitrogens is 3. The Balaban J connectivity index is 1.43. The van der Waals surface area contributed by atoms with Crippen molar-refractivity contribution in [3.8, 4) is 0 Å². The van der Waals surface area contributed by atoms with Crippen LogP contribution in [0.3, 0.4) is 0 Å². The summed E-state index contributed by atoms with van der Waals surface area (Å²) in [4.78, 5) is 2.70. The maximum Gasteiger partial charge on any atom is 0.147 e.